The summed E-state index contributed by atoms with van der Waals surface area (Å²) in [5.74, 6) is -0.115. The molecule has 4 aromatic rings. The second-order valence-corrected chi connectivity index (χ2v) is 11.8. The highest BCUT2D eigenvalue weighted by Gasteiger charge is 2.26. The Morgan fingerprint density at radius 1 is 1.18 bits per heavy atom. The van der Waals surface area contributed by atoms with Gasteiger partial charge in [-0.05, 0) is 43.7 Å². The number of aryl methyl sites for hydroxylation is 2. The standard InChI is InChI=1S/C21H22N6O4S3/c1-13-14(2)33-20-18(13)19-24-25-21(27(19)12-22-20)32-11-17(28)23-15-3-5-16(6-4-15)34(29,30)26-7-9-31-10-8-26/h3-6,12H,7-11H2,1-2H3,(H,23,28). The van der Waals surface area contributed by atoms with E-state index < -0.39 is 10.0 Å². The van der Waals surface area contributed by atoms with E-state index in [9.17, 15) is 13.2 Å². The molecule has 5 rings (SSSR count). The monoisotopic (exact) mass is 518 g/mol. The number of fused-ring (bicyclic) bond motifs is 3. The van der Waals surface area contributed by atoms with E-state index in [1.165, 1.54) is 33.1 Å². The van der Waals surface area contributed by atoms with Gasteiger partial charge in [-0.2, -0.15) is 4.31 Å². The Morgan fingerprint density at radius 2 is 1.91 bits per heavy atom. The van der Waals surface area contributed by atoms with Crippen molar-refractivity contribution in [3.8, 4) is 0 Å². The zero-order chi connectivity index (χ0) is 23.9. The van der Waals surface area contributed by atoms with E-state index in [4.69, 9.17) is 4.74 Å². The number of amides is 1. The van der Waals surface area contributed by atoms with Gasteiger partial charge in [-0.15, -0.1) is 21.5 Å². The summed E-state index contributed by atoms with van der Waals surface area (Å²) in [6, 6.07) is 6.18. The minimum absolute atomic E-state index is 0.119. The van der Waals surface area contributed by atoms with Gasteiger partial charge in [-0.3, -0.25) is 9.20 Å². The first-order valence-corrected chi connectivity index (χ1v) is 13.8. The number of rotatable bonds is 6. The number of ether oxygens (including phenoxy) is 1. The minimum Gasteiger partial charge on any atom is -0.379 e. The molecule has 0 atom stereocenters. The highest BCUT2D eigenvalue weighted by molar-refractivity contribution is 7.99. The van der Waals surface area contributed by atoms with Gasteiger partial charge in [-0.25, -0.2) is 13.4 Å². The molecule has 1 fully saturated rings. The molecule has 1 aromatic carbocycles. The van der Waals surface area contributed by atoms with Crippen LogP contribution < -0.4 is 5.32 Å². The fourth-order valence-electron chi connectivity index (χ4n) is 3.70. The van der Waals surface area contributed by atoms with E-state index in [1.807, 2.05) is 6.92 Å². The van der Waals surface area contributed by atoms with Gasteiger partial charge in [-0.1, -0.05) is 11.8 Å². The molecule has 0 radical (unpaired) electrons. The van der Waals surface area contributed by atoms with Crippen molar-refractivity contribution < 1.29 is 17.9 Å². The highest BCUT2D eigenvalue weighted by Crippen LogP contribution is 2.32. The molecule has 1 aliphatic heterocycles. The normalized spacial score (nSPS) is 15.2. The fourth-order valence-corrected chi connectivity index (χ4v) is 6.80. The summed E-state index contributed by atoms with van der Waals surface area (Å²) in [5.41, 5.74) is 2.39. The lowest BCUT2D eigenvalue weighted by Crippen LogP contribution is -2.40. The maximum absolute atomic E-state index is 12.7. The number of carbonyl (C=O) groups excluding carboxylic acids is 1. The Bertz CT molecular complexity index is 1470. The number of carbonyl (C=O) groups is 1. The number of morpholine rings is 1. The molecule has 0 unspecified atom stereocenters. The van der Waals surface area contributed by atoms with Gasteiger partial charge in [0.2, 0.25) is 15.9 Å². The Labute approximate surface area is 204 Å². The Morgan fingerprint density at radius 3 is 2.65 bits per heavy atom. The summed E-state index contributed by atoms with van der Waals surface area (Å²) >= 11 is 2.88. The third-order valence-electron chi connectivity index (χ3n) is 5.62. The molecular formula is C21H22N6O4S3. The quantitative estimate of drug-likeness (QED) is 0.387. The van der Waals surface area contributed by atoms with E-state index >= 15 is 0 Å². The SMILES string of the molecule is Cc1sc2ncn3c(SCC(=O)Nc4ccc(S(=O)(=O)N5CCOCC5)cc4)nnc3c2c1C. The number of hydrogen-bond donors (Lipinski definition) is 1. The van der Waals surface area contributed by atoms with Crippen LogP contribution in [-0.4, -0.2) is 70.3 Å². The summed E-state index contributed by atoms with van der Waals surface area (Å²) in [6.45, 7) is 5.55. The van der Waals surface area contributed by atoms with Gasteiger partial charge in [0, 0.05) is 23.7 Å². The van der Waals surface area contributed by atoms with Gasteiger partial charge in [0.25, 0.3) is 0 Å². The summed E-state index contributed by atoms with van der Waals surface area (Å²) in [7, 11) is -3.57. The number of thioether (sulfide) groups is 1. The van der Waals surface area contributed by atoms with E-state index in [0.29, 0.717) is 37.1 Å². The van der Waals surface area contributed by atoms with Crippen molar-refractivity contribution in [3.63, 3.8) is 0 Å². The molecule has 3 aromatic heterocycles. The molecule has 1 N–H and O–H groups in total. The zero-order valence-corrected chi connectivity index (χ0v) is 21.0. The van der Waals surface area contributed by atoms with Crippen molar-refractivity contribution >= 4 is 60.6 Å². The van der Waals surface area contributed by atoms with Crippen molar-refractivity contribution in [1.82, 2.24) is 23.9 Å². The Hall–Kier alpha value is -2.58. The average molecular weight is 519 g/mol. The predicted molar refractivity (Wildman–Crippen MR) is 131 cm³/mol. The number of nitrogens with one attached hydrogen (secondary N) is 1. The minimum atomic E-state index is -3.57. The van der Waals surface area contributed by atoms with Gasteiger partial charge in [0.15, 0.2) is 10.8 Å². The molecule has 1 aliphatic rings. The van der Waals surface area contributed by atoms with Crippen LogP contribution in [0.25, 0.3) is 15.9 Å². The largest absolute Gasteiger partial charge is 0.379 e. The number of aromatic nitrogens is 4. The first kappa shape index (κ1) is 23.2. The number of nitrogens with zero attached hydrogens (tertiary/aromatic N) is 5. The molecule has 10 nitrogen and oxygen atoms in total. The Kier molecular flexibility index (Phi) is 6.29. The maximum Gasteiger partial charge on any atom is 0.243 e. The van der Waals surface area contributed by atoms with Crippen LogP contribution in [0.3, 0.4) is 0 Å². The van der Waals surface area contributed by atoms with E-state index in [2.05, 4.69) is 27.4 Å². The molecule has 34 heavy (non-hydrogen) atoms. The van der Waals surface area contributed by atoms with E-state index in [0.717, 1.165) is 21.4 Å². The van der Waals surface area contributed by atoms with Crippen molar-refractivity contribution in [1.29, 1.82) is 0 Å². The smallest absolute Gasteiger partial charge is 0.243 e. The second-order valence-electron chi connectivity index (χ2n) is 7.76. The van der Waals surface area contributed by atoms with Gasteiger partial charge >= 0.3 is 0 Å². The summed E-state index contributed by atoms with van der Waals surface area (Å²) in [6.07, 6.45) is 1.68. The number of hydrogen-bond acceptors (Lipinski definition) is 9. The fraction of sp³-hybridized carbons (Fsp3) is 0.333. The average Bonchev–Trinajstić information content (AvgIpc) is 3.38. The lowest BCUT2D eigenvalue weighted by atomic mass is 10.2. The lowest BCUT2D eigenvalue weighted by molar-refractivity contribution is -0.113. The van der Waals surface area contributed by atoms with Crippen LogP contribution in [0.4, 0.5) is 5.69 Å². The van der Waals surface area contributed by atoms with Crippen molar-refractivity contribution in [2.75, 3.05) is 37.4 Å². The van der Waals surface area contributed by atoms with E-state index in [-0.39, 0.29) is 16.6 Å². The summed E-state index contributed by atoms with van der Waals surface area (Å²) in [5, 5.41) is 12.9. The van der Waals surface area contributed by atoms with Crippen LogP contribution in [0, 0.1) is 13.8 Å². The van der Waals surface area contributed by atoms with Crippen molar-refractivity contribution in [3.05, 3.63) is 41.0 Å². The lowest BCUT2D eigenvalue weighted by Gasteiger charge is -2.26. The molecule has 1 saturated heterocycles. The van der Waals surface area contributed by atoms with Crippen LogP contribution in [0.5, 0.6) is 0 Å². The maximum atomic E-state index is 12.7. The third kappa shape index (κ3) is 4.29. The zero-order valence-electron chi connectivity index (χ0n) is 18.5. The summed E-state index contributed by atoms with van der Waals surface area (Å²) < 4.78 is 33.9. The van der Waals surface area contributed by atoms with Crippen LogP contribution in [0.2, 0.25) is 0 Å². The summed E-state index contributed by atoms with van der Waals surface area (Å²) in [4.78, 5) is 19.3. The molecule has 0 saturated carbocycles. The molecule has 13 heteroatoms. The van der Waals surface area contributed by atoms with Gasteiger partial charge in [0.1, 0.15) is 11.2 Å². The molecule has 1 amide bonds. The van der Waals surface area contributed by atoms with Crippen LogP contribution in [-0.2, 0) is 19.6 Å². The Balaban J connectivity index is 1.24. The second kappa shape index (κ2) is 9.23. The molecule has 0 spiro atoms. The molecule has 178 valence electrons. The van der Waals surface area contributed by atoms with Crippen molar-refractivity contribution in [2.24, 2.45) is 0 Å². The molecule has 0 bridgehead atoms. The van der Waals surface area contributed by atoms with Gasteiger partial charge in [0.05, 0.1) is 29.2 Å². The number of benzene rings is 1. The highest BCUT2D eigenvalue weighted by atomic mass is 32.2. The first-order chi connectivity index (χ1) is 16.3. The topological polar surface area (TPSA) is 119 Å². The van der Waals surface area contributed by atoms with Crippen LogP contribution in [0.15, 0.2) is 40.6 Å². The molecule has 4 heterocycles. The van der Waals surface area contributed by atoms with Crippen molar-refractivity contribution in [2.45, 2.75) is 23.9 Å². The predicted octanol–water partition coefficient (Wildman–Crippen LogP) is 2.71. The molecular weight excluding hydrogens is 496 g/mol. The van der Waals surface area contributed by atoms with Crippen LogP contribution in [0.1, 0.15) is 10.4 Å². The molecule has 0 aliphatic carbocycles. The van der Waals surface area contributed by atoms with Gasteiger partial charge < -0.3 is 10.1 Å². The number of sulfonamides is 1. The number of anilines is 1. The number of thiophene rings is 1. The van der Waals surface area contributed by atoms with Crippen LogP contribution >= 0.6 is 23.1 Å². The first-order valence-electron chi connectivity index (χ1n) is 10.5. The van der Waals surface area contributed by atoms with E-state index in [1.54, 1.807) is 34.2 Å². The third-order valence-corrected chi connectivity index (χ3v) is 9.59.